The fourth-order valence-electron chi connectivity index (χ4n) is 1.27. The van der Waals surface area contributed by atoms with Crippen molar-refractivity contribution in [2.24, 2.45) is 0 Å². The maximum atomic E-state index is 11.5. The van der Waals surface area contributed by atoms with Gasteiger partial charge < -0.3 is 15.2 Å². The van der Waals surface area contributed by atoms with Crippen LogP contribution in [0.4, 0.5) is 0 Å². The molecule has 0 saturated heterocycles. The van der Waals surface area contributed by atoms with Crippen LogP contribution in [0.25, 0.3) is 0 Å². The van der Waals surface area contributed by atoms with Crippen molar-refractivity contribution in [1.82, 2.24) is 10.3 Å². The number of nitrogens with one attached hydrogen (secondary N) is 1. The Labute approximate surface area is 109 Å². The largest absolute Gasteiger partial charge is 0.476 e. The number of rotatable bonds is 7. The van der Waals surface area contributed by atoms with Gasteiger partial charge in [-0.05, 0) is 13.8 Å². The number of hydrogen-bond acceptors (Lipinski definition) is 5. The highest BCUT2D eigenvalue weighted by Gasteiger charge is 2.15. The first-order chi connectivity index (χ1) is 8.54. The van der Waals surface area contributed by atoms with Crippen molar-refractivity contribution in [1.29, 1.82) is 0 Å². The van der Waals surface area contributed by atoms with E-state index >= 15 is 0 Å². The molecule has 1 rings (SSSR count). The van der Waals surface area contributed by atoms with Gasteiger partial charge in [0, 0.05) is 18.4 Å². The molecule has 0 aliphatic rings. The van der Waals surface area contributed by atoms with Gasteiger partial charge in [-0.2, -0.15) is 0 Å². The van der Waals surface area contributed by atoms with E-state index in [0.717, 1.165) is 0 Å². The van der Waals surface area contributed by atoms with E-state index in [1.807, 2.05) is 6.92 Å². The molecule has 0 aromatic carbocycles. The van der Waals surface area contributed by atoms with E-state index in [-0.39, 0.29) is 24.1 Å². The molecule has 6 nitrogen and oxygen atoms in total. The molecule has 1 unspecified atom stereocenters. The zero-order chi connectivity index (χ0) is 13.5. The van der Waals surface area contributed by atoms with E-state index in [0.29, 0.717) is 18.2 Å². The van der Waals surface area contributed by atoms with Crippen molar-refractivity contribution in [2.45, 2.75) is 26.3 Å². The Hall–Kier alpha value is -1.47. The molecule has 2 N–H and O–H groups in total. The molecule has 1 atom stereocenters. The Morgan fingerprint density at radius 3 is 2.89 bits per heavy atom. The van der Waals surface area contributed by atoms with Gasteiger partial charge in [-0.25, -0.2) is 9.78 Å². The zero-order valence-electron chi connectivity index (χ0n) is 10.3. The van der Waals surface area contributed by atoms with Gasteiger partial charge in [0.2, 0.25) is 5.91 Å². The molecule has 0 aliphatic carbocycles. The van der Waals surface area contributed by atoms with Gasteiger partial charge in [-0.15, -0.1) is 11.3 Å². The maximum absolute atomic E-state index is 11.5. The lowest BCUT2D eigenvalue weighted by Crippen LogP contribution is -2.27. The number of aromatic carboxylic acids is 1. The zero-order valence-corrected chi connectivity index (χ0v) is 11.1. The number of ether oxygens (including phenoxy) is 1. The highest BCUT2D eigenvalue weighted by atomic mass is 32.1. The van der Waals surface area contributed by atoms with Crippen LogP contribution in [0.1, 0.15) is 41.8 Å². The third-order valence-corrected chi connectivity index (χ3v) is 3.19. The summed E-state index contributed by atoms with van der Waals surface area (Å²) in [6.07, 6.45) is 0.287. The number of carboxylic acids is 1. The van der Waals surface area contributed by atoms with E-state index in [2.05, 4.69) is 10.3 Å². The number of carboxylic acid groups (broad SMARTS) is 1. The lowest BCUT2D eigenvalue weighted by atomic mass is 10.3. The van der Waals surface area contributed by atoms with E-state index < -0.39 is 5.97 Å². The van der Waals surface area contributed by atoms with Gasteiger partial charge in [0.15, 0.2) is 5.69 Å². The summed E-state index contributed by atoms with van der Waals surface area (Å²) >= 11 is 1.22. The molecule has 0 bridgehead atoms. The van der Waals surface area contributed by atoms with Gasteiger partial charge >= 0.3 is 5.97 Å². The van der Waals surface area contributed by atoms with Crippen molar-refractivity contribution >= 4 is 23.2 Å². The molecule has 1 aromatic rings. The predicted molar refractivity (Wildman–Crippen MR) is 66.7 cm³/mol. The van der Waals surface area contributed by atoms with Gasteiger partial charge in [0.05, 0.1) is 12.6 Å². The highest BCUT2D eigenvalue weighted by Crippen LogP contribution is 2.17. The molecule has 100 valence electrons. The molecule has 7 heteroatoms. The summed E-state index contributed by atoms with van der Waals surface area (Å²) in [4.78, 5) is 26.1. The third-order valence-electron chi connectivity index (χ3n) is 2.17. The summed E-state index contributed by atoms with van der Waals surface area (Å²) in [5, 5.41) is 13.5. The number of amides is 1. The Morgan fingerprint density at radius 2 is 2.33 bits per heavy atom. The van der Waals surface area contributed by atoms with Crippen LogP contribution in [0.15, 0.2) is 5.38 Å². The molecule has 0 spiro atoms. The molecular formula is C11H16N2O4S. The van der Waals surface area contributed by atoms with Crippen LogP contribution in [-0.2, 0) is 9.53 Å². The summed E-state index contributed by atoms with van der Waals surface area (Å²) in [6.45, 7) is 4.59. The molecular weight excluding hydrogens is 256 g/mol. The van der Waals surface area contributed by atoms with Gasteiger partial charge in [0.25, 0.3) is 0 Å². The minimum Gasteiger partial charge on any atom is -0.476 e. The van der Waals surface area contributed by atoms with Gasteiger partial charge in [-0.3, -0.25) is 4.79 Å². The third kappa shape index (κ3) is 4.42. The van der Waals surface area contributed by atoms with E-state index in [4.69, 9.17) is 9.84 Å². The molecule has 0 fully saturated rings. The Morgan fingerprint density at radius 1 is 1.61 bits per heavy atom. The smallest absolute Gasteiger partial charge is 0.355 e. The number of hydrogen-bond donors (Lipinski definition) is 2. The molecule has 1 heterocycles. The minimum absolute atomic E-state index is 0.00501. The molecule has 0 radical (unpaired) electrons. The van der Waals surface area contributed by atoms with E-state index in [1.165, 1.54) is 16.7 Å². The first kappa shape index (κ1) is 14.6. The van der Waals surface area contributed by atoms with Gasteiger partial charge in [-0.1, -0.05) is 0 Å². The topological polar surface area (TPSA) is 88.5 Å². The quantitative estimate of drug-likeness (QED) is 0.733. The fourth-order valence-corrected chi connectivity index (χ4v) is 2.07. The molecule has 18 heavy (non-hydrogen) atoms. The van der Waals surface area contributed by atoms with Crippen LogP contribution in [0.5, 0.6) is 0 Å². The Kier molecular flexibility index (Phi) is 5.73. The lowest BCUT2D eigenvalue weighted by Gasteiger charge is -2.10. The van der Waals surface area contributed by atoms with Crippen molar-refractivity contribution in [3.63, 3.8) is 0 Å². The van der Waals surface area contributed by atoms with Gasteiger partial charge in [0.1, 0.15) is 5.01 Å². The Bertz CT molecular complexity index is 419. The van der Waals surface area contributed by atoms with Crippen LogP contribution in [0, 0.1) is 0 Å². The monoisotopic (exact) mass is 272 g/mol. The first-order valence-electron chi connectivity index (χ1n) is 5.60. The number of carbonyl (C=O) groups excluding carboxylic acids is 1. The number of carbonyl (C=O) groups is 2. The van der Waals surface area contributed by atoms with Crippen molar-refractivity contribution in [3.05, 3.63) is 16.1 Å². The summed E-state index contributed by atoms with van der Waals surface area (Å²) in [6, 6.07) is -0.294. The van der Waals surface area contributed by atoms with Crippen LogP contribution >= 0.6 is 11.3 Å². The minimum atomic E-state index is -1.06. The SMILES string of the molecule is CCOCCC(=O)NC(C)c1nc(C(=O)O)cs1. The highest BCUT2D eigenvalue weighted by molar-refractivity contribution is 7.09. The summed E-state index contributed by atoms with van der Waals surface area (Å²) in [5.41, 5.74) is 0.00501. The number of nitrogens with zero attached hydrogens (tertiary/aromatic N) is 1. The van der Waals surface area contributed by atoms with E-state index in [1.54, 1.807) is 6.92 Å². The second-order valence-electron chi connectivity index (χ2n) is 3.61. The summed E-state index contributed by atoms with van der Waals surface area (Å²) < 4.78 is 5.08. The van der Waals surface area contributed by atoms with Crippen molar-refractivity contribution in [2.75, 3.05) is 13.2 Å². The summed E-state index contributed by atoms with van der Waals surface area (Å²) in [5.74, 6) is -1.20. The molecule has 0 aliphatic heterocycles. The number of thiazole rings is 1. The lowest BCUT2D eigenvalue weighted by molar-refractivity contribution is -0.122. The average molecular weight is 272 g/mol. The normalized spacial score (nSPS) is 12.1. The van der Waals surface area contributed by atoms with Crippen LogP contribution in [0.2, 0.25) is 0 Å². The van der Waals surface area contributed by atoms with E-state index in [9.17, 15) is 9.59 Å². The fraction of sp³-hybridized carbons (Fsp3) is 0.545. The predicted octanol–water partition coefficient (Wildman–Crippen LogP) is 1.45. The van der Waals surface area contributed by atoms with Crippen LogP contribution in [0.3, 0.4) is 0 Å². The first-order valence-corrected chi connectivity index (χ1v) is 6.48. The Balaban J connectivity index is 2.46. The standard InChI is InChI=1S/C11H16N2O4S/c1-3-17-5-4-9(14)12-7(2)10-13-8(6-18-10)11(15)16/h6-7H,3-5H2,1-2H3,(H,12,14)(H,15,16). The second kappa shape index (κ2) is 7.07. The average Bonchev–Trinajstić information content (AvgIpc) is 2.78. The maximum Gasteiger partial charge on any atom is 0.355 e. The number of aromatic nitrogens is 1. The molecule has 1 aromatic heterocycles. The van der Waals surface area contributed by atoms with Crippen LogP contribution in [-0.4, -0.2) is 35.2 Å². The van der Waals surface area contributed by atoms with Crippen LogP contribution < -0.4 is 5.32 Å². The molecule has 0 saturated carbocycles. The van der Waals surface area contributed by atoms with Crippen molar-refractivity contribution < 1.29 is 19.4 Å². The molecule has 1 amide bonds. The second-order valence-corrected chi connectivity index (χ2v) is 4.50. The van der Waals surface area contributed by atoms with Crippen molar-refractivity contribution in [3.8, 4) is 0 Å². The summed E-state index contributed by atoms with van der Waals surface area (Å²) in [7, 11) is 0.